The molecule has 0 heterocycles. The molecule has 0 aliphatic rings. The van der Waals surface area contributed by atoms with Crippen LogP contribution in [0.3, 0.4) is 0 Å². The lowest BCUT2D eigenvalue weighted by Gasteiger charge is -2.28. The molecule has 0 aromatic carbocycles. The highest BCUT2D eigenvalue weighted by Gasteiger charge is 2.39. The predicted octanol–water partition coefficient (Wildman–Crippen LogP) is 2.01. The molecule has 15 heavy (non-hydrogen) atoms. The molecule has 0 fully saturated rings. The molecule has 0 aliphatic heterocycles. The topological polar surface area (TPSA) is 59.2 Å². The van der Waals surface area contributed by atoms with Crippen molar-refractivity contribution in [3.05, 3.63) is 0 Å². The quantitative estimate of drug-likeness (QED) is 0.577. The first-order valence-electron chi connectivity index (χ1n) is 5.66. The zero-order valence-corrected chi connectivity index (χ0v) is 11.5. The van der Waals surface area contributed by atoms with Gasteiger partial charge in [0.15, 0.2) is 0 Å². The van der Waals surface area contributed by atoms with Crippen molar-refractivity contribution in [1.29, 1.82) is 0 Å². The number of hydrogen-bond acceptors (Lipinski definition) is 3. The molecular formula is C10H26O4Si. The van der Waals surface area contributed by atoms with E-state index in [1.165, 1.54) is 0 Å². The van der Waals surface area contributed by atoms with E-state index in [4.69, 9.17) is 13.3 Å². The van der Waals surface area contributed by atoms with E-state index < -0.39 is 8.80 Å². The van der Waals surface area contributed by atoms with Gasteiger partial charge in [0.2, 0.25) is 0 Å². The third-order valence-corrected chi connectivity index (χ3v) is 5.08. The normalized spacial score (nSPS) is 11.2. The molecule has 0 aliphatic carbocycles. The minimum absolute atomic E-state index is 0. The first-order valence-corrected chi connectivity index (χ1v) is 7.59. The van der Waals surface area contributed by atoms with Gasteiger partial charge in [0.1, 0.15) is 0 Å². The Balaban J connectivity index is 0. The summed E-state index contributed by atoms with van der Waals surface area (Å²) in [6.45, 7) is 10.2. The summed E-state index contributed by atoms with van der Waals surface area (Å²) in [5.74, 6) is 0. The maximum atomic E-state index is 5.71. The van der Waals surface area contributed by atoms with Crippen molar-refractivity contribution in [1.82, 2.24) is 0 Å². The number of rotatable bonds is 9. The Hall–Kier alpha value is 0.0569. The Morgan fingerprint density at radius 1 is 0.800 bits per heavy atom. The fourth-order valence-corrected chi connectivity index (χ4v) is 4.18. The summed E-state index contributed by atoms with van der Waals surface area (Å²) in [5, 5.41) is 0. The van der Waals surface area contributed by atoms with Gasteiger partial charge < -0.3 is 18.8 Å². The molecule has 0 atom stereocenters. The van der Waals surface area contributed by atoms with Gasteiger partial charge in [0.05, 0.1) is 0 Å². The van der Waals surface area contributed by atoms with E-state index in [-0.39, 0.29) is 5.48 Å². The molecule has 0 radical (unpaired) electrons. The fraction of sp³-hybridized carbons (Fsp3) is 1.00. The monoisotopic (exact) mass is 238 g/mol. The first kappa shape index (κ1) is 17.5. The number of hydrogen-bond donors (Lipinski definition) is 0. The Bertz CT molecular complexity index is 116. The summed E-state index contributed by atoms with van der Waals surface area (Å²) in [5.41, 5.74) is 0. The Morgan fingerprint density at radius 2 is 1.20 bits per heavy atom. The molecular weight excluding hydrogens is 212 g/mol. The van der Waals surface area contributed by atoms with Crippen LogP contribution in [0.1, 0.15) is 40.5 Å². The van der Waals surface area contributed by atoms with Crippen LogP contribution in [0.5, 0.6) is 0 Å². The molecule has 0 aromatic heterocycles. The van der Waals surface area contributed by atoms with Gasteiger partial charge in [0, 0.05) is 25.9 Å². The molecule has 0 aromatic rings. The minimum atomic E-state index is -2.32. The third-order valence-electron chi connectivity index (χ3n) is 1.93. The van der Waals surface area contributed by atoms with E-state index in [1.807, 2.05) is 20.8 Å². The average molecular weight is 238 g/mol. The molecule has 4 nitrogen and oxygen atoms in total. The molecule has 5 heteroatoms. The Labute approximate surface area is 94.6 Å². The lowest BCUT2D eigenvalue weighted by molar-refractivity contribution is 0.0708. The summed E-state index contributed by atoms with van der Waals surface area (Å²) in [4.78, 5) is 0. The van der Waals surface area contributed by atoms with Crippen molar-refractivity contribution in [3.63, 3.8) is 0 Å². The van der Waals surface area contributed by atoms with Gasteiger partial charge in [-0.3, -0.25) is 0 Å². The zero-order chi connectivity index (χ0) is 10.9. The van der Waals surface area contributed by atoms with Crippen LogP contribution in [0.2, 0.25) is 6.04 Å². The molecule has 94 valence electrons. The summed E-state index contributed by atoms with van der Waals surface area (Å²) in [6, 6.07) is 0.943. The summed E-state index contributed by atoms with van der Waals surface area (Å²) in [6.07, 6.45) is 2.27. The van der Waals surface area contributed by atoms with Crippen molar-refractivity contribution in [2.75, 3.05) is 19.8 Å². The highest BCUT2D eigenvalue weighted by atomic mass is 28.4. The van der Waals surface area contributed by atoms with Crippen LogP contribution in [0.15, 0.2) is 0 Å². The van der Waals surface area contributed by atoms with Gasteiger partial charge in [-0.05, 0) is 27.2 Å². The van der Waals surface area contributed by atoms with Crippen molar-refractivity contribution in [2.24, 2.45) is 0 Å². The average Bonchev–Trinajstić information content (AvgIpc) is 2.16. The zero-order valence-electron chi connectivity index (χ0n) is 10.5. The van der Waals surface area contributed by atoms with Gasteiger partial charge in [0.25, 0.3) is 0 Å². The van der Waals surface area contributed by atoms with Crippen molar-refractivity contribution in [3.8, 4) is 0 Å². The standard InChI is InChI=1S/C10H24O3Si.H2O/c1-5-9-10-14(11-6-2,12-7-3)13-8-4;/h5-10H2,1-4H3;1H2. The van der Waals surface area contributed by atoms with Crippen LogP contribution in [-0.2, 0) is 13.3 Å². The molecule has 0 spiro atoms. The first-order chi connectivity index (χ1) is 6.74. The molecule has 2 N–H and O–H groups in total. The van der Waals surface area contributed by atoms with Gasteiger partial charge in [-0.1, -0.05) is 13.3 Å². The van der Waals surface area contributed by atoms with Crippen molar-refractivity contribution in [2.45, 2.75) is 46.6 Å². The Kier molecular flexibility index (Phi) is 12.3. The van der Waals surface area contributed by atoms with Crippen molar-refractivity contribution < 1.29 is 18.8 Å². The molecule has 0 saturated heterocycles. The third kappa shape index (κ3) is 7.02. The summed E-state index contributed by atoms with van der Waals surface area (Å²) >= 11 is 0. The fourth-order valence-electron chi connectivity index (χ4n) is 1.39. The van der Waals surface area contributed by atoms with Gasteiger partial charge in [-0.15, -0.1) is 0 Å². The van der Waals surface area contributed by atoms with E-state index >= 15 is 0 Å². The van der Waals surface area contributed by atoms with Crippen LogP contribution in [-0.4, -0.2) is 34.1 Å². The largest absolute Gasteiger partial charge is 0.500 e. The molecule has 0 bridgehead atoms. The van der Waals surface area contributed by atoms with Crippen LogP contribution in [0.4, 0.5) is 0 Å². The van der Waals surface area contributed by atoms with Crippen molar-refractivity contribution >= 4 is 8.80 Å². The predicted molar refractivity (Wildman–Crippen MR) is 64.0 cm³/mol. The molecule has 0 saturated carbocycles. The summed E-state index contributed by atoms with van der Waals surface area (Å²) < 4.78 is 17.1. The van der Waals surface area contributed by atoms with E-state index in [0.29, 0.717) is 19.8 Å². The highest BCUT2D eigenvalue weighted by molar-refractivity contribution is 6.60. The maximum Gasteiger partial charge on any atom is 0.500 e. The van der Waals surface area contributed by atoms with Crippen LogP contribution in [0, 0.1) is 0 Å². The van der Waals surface area contributed by atoms with E-state index in [9.17, 15) is 0 Å². The van der Waals surface area contributed by atoms with Crippen LogP contribution >= 0.6 is 0 Å². The van der Waals surface area contributed by atoms with E-state index in [2.05, 4.69) is 6.92 Å². The SMILES string of the molecule is CCCC[Si](OCC)(OCC)OCC.O. The summed E-state index contributed by atoms with van der Waals surface area (Å²) in [7, 11) is -2.32. The molecule has 0 rings (SSSR count). The lowest BCUT2D eigenvalue weighted by atomic mass is 10.4. The lowest BCUT2D eigenvalue weighted by Crippen LogP contribution is -2.45. The second kappa shape index (κ2) is 10.6. The second-order valence-corrected chi connectivity index (χ2v) is 5.82. The van der Waals surface area contributed by atoms with Gasteiger partial charge in [-0.2, -0.15) is 0 Å². The molecule has 0 unspecified atom stereocenters. The van der Waals surface area contributed by atoms with E-state index in [1.54, 1.807) is 0 Å². The highest BCUT2D eigenvalue weighted by Crippen LogP contribution is 2.18. The molecule has 0 amide bonds. The van der Waals surface area contributed by atoms with E-state index in [0.717, 1.165) is 18.9 Å². The Morgan fingerprint density at radius 3 is 1.47 bits per heavy atom. The van der Waals surface area contributed by atoms with Gasteiger partial charge >= 0.3 is 8.80 Å². The minimum Gasteiger partial charge on any atom is -0.412 e. The smallest absolute Gasteiger partial charge is 0.412 e. The number of unbranched alkanes of at least 4 members (excludes halogenated alkanes) is 1. The van der Waals surface area contributed by atoms with Gasteiger partial charge in [-0.25, -0.2) is 0 Å². The van der Waals surface area contributed by atoms with Crippen LogP contribution < -0.4 is 0 Å². The van der Waals surface area contributed by atoms with Crippen LogP contribution in [0.25, 0.3) is 0 Å². The second-order valence-electron chi connectivity index (χ2n) is 3.09. The maximum absolute atomic E-state index is 5.71.